The van der Waals surface area contributed by atoms with Gasteiger partial charge in [0.25, 0.3) is 10.0 Å². The molecule has 214 valence electrons. The van der Waals surface area contributed by atoms with Crippen LogP contribution in [-0.4, -0.2) is 44.3 Å². The number of nitrogens with one attached hydrogen (secondary N) is 1. The van der Waals surface area contributed by atoms with E-state index in [4.69, 9.17) is 0 Å². The number of aryl methyl sites for hydroxylation is 3. The second-order valence-corrected chi connectivity index (χ2v) is 12.4. The minimum atomic E-state index is -4.17. The lowest BCUT2D eigenvalue weighted by Gasteiger charge is -2.32. The van der Waals surface area contributed by atoms with Crippen molar-refractivity contribution >= 4 is 27.5 Å². The first kappa shape index (κ1) is 30.8. The van der Waals surface area contributed by atoms with E-state index in [1.165, 1.54) is 23.1 Å². The van der Waals surface area contributed by atoms with Crippen LogP contribution in [0.1, 0.15) is 43.0 Å². The van der Waals surface area contributed by atoms with Crippen molar-refractivity contribution in [1.29, 1.82) is 0 Å². The van der Waals surface area contributed by atoms with Crippen LogP contribution in [0, 0.1) is 32.5 Å². The van der Waals surface area contributed by atoms with E-state index in [-0.39, 0.29) is 22.9 Å². The number of carbonyl (C=O) groups excluding carboxylic acids is 2. The molecule has 0 aliphatic rings. The van der Waals surface area contributed by atoms with Gasteiger partial charge in [0.1, 0.15) is 18.4 Å². The maximum atomic E-state index is 14.6. The fourth-order valence-electron chi connectivity index (χ4n) is 4.09. The Morgan fingerprint density at radius 2 is 1.55 bits per heavy atom. The minimum absolute atomic E-state index is 0.0347. The van der Waals surface area contributed by atoms with Crippen molar-refractivity contribution in [3.63, 3.8) is 0 Å². The first-order chi connectivity index (χ1) is 18.8. The lowest BCUT2D eigenvalue weighted by atomic mass is 10.1. The average molecular weight is 568 g/mol. The zero-order chi connectivity index (χ0) is 29.6. The van der Waals surface area contributed by atoms with E-state index in [2.05, 4.69) is 5.32 Å². The van der Waals surface area contributed by atoms with E-state index in [0.29, 0.717) is 12.2 Å². The van der Waals surface area contributed by atoms with Gasteiger partial charge in [0.2, 0.25) is 11.8 Å². The molecule has 9 heteroatoms. The van der Waals surface area contributed by atoms with Gasteiger partial charge in [0.15, 0.2) is 0 Å². The molecule has 0 heterocycles. The molecule has 0 fully saturated rings. The molecule has 1 N–H and O–H groups in total. The number of hydrogen-bond acceptors (Lipinski definition) is 4. The molecule has 0 unspecified atom stereocenters. The summed E-state index contributed by atoms with van der Waals surface area (Å²) in [5, 5.41) is 2.82. The van der Waals surface area contributed by atoms with E-state index in [1.54, 1.807) is 55.5 Å². The molecule has 0 saturated heterocycles. The van der Waals surface area contributed by atoms with Crippen LogP contribution in [-0.2, 0) is 26.2 Å². The van der Waals surface area contributed by atoms with E-state index in [1.807, 2.05) is 34.6 Å². The molecule has 3 aromatic rings. The smallest absolute Gasteiger partial charge is 0.264 e. The van der Waals surface area contributed by atoms with Crippen LogP contribution in [0.2, 0.25) is 0 Å². The third-order valence-electron chi connectivity index (χ3n) is 6.82. The van der Waals surface area contributed by atoms with Gasteiger partial charge in [-0.05, 0) is 75.1 Å². The number of amides is 2. The molecule has 0 aromatic heterocycles. The fourth-order valence-corrected chi connectivity index (χ4v) is 5.50. The molecule has 3 aromatic carbocycles. The summed E-state index contributed by atoms with van der Waals surface area (Å²) >= 11 is 0. The van der Waals surface area contributed by atoms with Crippen LogP contribution in [0.3, 0.4) is 0 Å². The van der Waals surface area contributed by atoms with Crippen LogP contribution in [0.25, 0.3) is 0 Å². The van der Waals surface area contributed by atoms with Crippen molar-refractivity contribution < 1.29 is 22.4 Å². The first-order valence-corrected chi connectivity index (χ1v) is 14.7. The Labute approximate surface area is 237 Å². The van der Waals surface area contributed by atoms with Crippen LogP contribution in [0.5, 0.6) is 0 Å². The van der Waals surface area contributed by atoms with Gasteiger partial charge in [-0.3, -0.25) is 13.9 Å². The predicted molar refractivity (Wildman–Crippen MR) is 156 cm³/mol. The number of benzene rings is 3. The Morgan fingerprint density at radius 1 is 0.900 bits per heavy atom. The number of hydrogen-bond donors (Lipinski definition) is 1. The van der Waals surface area contributed by atoms with Gasteiger partial charge in [0.05, 0.1) is 10.6 Å². The van der Waals surface area contributed by atoms with Crippen molar-refractivity contribution in [2.75, 3.05) is 17.4 Å². The average Bonchev–Trinajstić information content (AvgIpc) is 2.91. The predicted octanol–water partition coefficient (Wildman–Crippen LogP) is 5.14. The number of carbonyl (C=O) groups is 2. The topological polar surface area (TPSA) is 86.8 Å². The Kier molecular flexibility index (Phi) is 10.1. The number of anilines is 1. The van der Waals surface area contributed by atoms with Gasteiger partial charge in [0, 0.05) is 18.7 Å². The summed E-state index contributed by atoms with van der Waals surface area (Å²) in [5.74, 6) is -1.37. The van der Waals surface area contributed by atoms with Crippen LogP contribution in [0.15, 0.2) is 71.6 Å². The van der Waals surface area contributed by atoms with Crippen molar-refractivity contribution in [3.05, 3.63) is 94.8 Å². The lowest BCUT2D eigenvalue weighted by molar-refractivity contribution is -0.139. The Hall–Kier alpha value is -3.72. The molecule has 0 spiro atoms. The minimum Gasteiger partial charge on any atom is -0.354 e. The molecule has 3 rings (SSSR count). The van der Waals surface area contributed by atoms with Crippen LogP contribution in [0.4, 0.5) is 10.1 Å². The summed E-state index contributed by atoms with van der Waals surface area (Å²) in [6.45, 7) is 10.7. The summed E-state index contributed by atoms with van der Waals surface area (Å²) in [6.07, 6.45) is 0. The second kappa shape index (κ2) is 13.1. The number of rotatable bonds is 11. The molecule has 0 radical (unpaired) electrons. The SMILES string of the molecule is Cc1ccc(S(=O)(=O)N(CC(=O)N(Cc2ccccc2F)[C@@H](C)C(=O)NCC(C)C)c2ccc(C)c(C)c2)cc1. The summed E-state index contributed by atoms with van der Waals surface area (Å²) in [7, 11) is -4.17. The monoisotopic (exact) mass is 567 g/mol. The standard InChI is InChI=1S/C31H38FN3O4S/c1-21(2)18-33-31(37)25(6)34(19-26-9-7-8-10-29(26)32)30(36)20-35(27-14-13-23(4)24(5)17-27)40(38,39)28-15-11-22(3)12-16-28/h7-17,21,25H,18-20H2,1-6H3,(H,33,37)/t25-/m0/s1. The Bertz CT molecular complexity index is 1460. The summed E-state index contributed by atoms with van der Waals surface area (Å²) < 4.78 is 43.5. The van der Waals surface area contributed by atoms with Crippen LogP contribution < -0.4 is 9.62 Å². The molecule has 7 nitrogen and oxygen atoms in total. The number of halogens is 1. The highest BCUT2D eigenvalue weighted by Crippen LogP contribution is 2.27. The maximum absolute atomic E-state index is 14.6. The van der Waals surface area contributed by atoms with E-state index >= 15 is 0 Å². The summed E-state index contributed by atoms with van der Waals surface area (Å²) in [5.41, 5.74) is 3.27. The quantitative estimate of drug-likeness (QED) is 0.348. The first-order valence-electron chi connectivity index (χ1n) is 13.3. The zero-order valence-electron chi connectivity index (χ0n) is 23.9. The van der Waals surface area contributed by atoms with Gasteiger partial charge < -0.3 is 10.2 Å². The normalized spacial score (nSPS) is 12.2. The van der Waals surface area contributed by atoms with E-state index in [9.17, 15) is 22.4 Å². The summed E-state index contributed by atoms with van der Waals surface area (Å²) in [4.78, 5) is 28.2. The Balaban J connectivity index is 2.05. The Morgan fingerprint density at radius 3 is 2.15 bits per heavy atom. The third-order valence-corrected chi connectivity index (χ3v) is 8.60. The highest BCUT2D eigenvalue weighted by molar-refractivity contribution is 7.92. The summed E-state index contributed by atoms with van der Waals surface area (Å²) in [6, 6.07) is 16.6. The van der Waals surface area contributed by atoms with Crippen molar-refractivity contribution in [1.82, 2.24) is 10.2 Å². The maximum Gasteiger partial charge on any atom is 0.264 e. The molecule has 0 bridgehead atoms. The van der Waals surface area contributed by atoms with Crippen molar-refractivity contribution in [2.45, 2.75) is 59.0 Å². The van der Waals surface area contributed by atoms with Gasteiger partial charge >= 0.3 is 0 Å². The molecule has 40 heavy (non-hydrogen) atoms. The van der Waals surface area contributed by atoms with Crippen molar-refractivity contribution in [2.24, 2.45) is 5.92 Å². The van der Waals surface area contributed by atoms with Gasteiger partial charge in [-0.15, -0.1) is 0 Å². The second-order valence-electron chi connectivity index (χ2n) is 10.5. The molecule has 0 aliphatic carbocycles. The highest BCUT2D eigenvalue weighted by atomic mass is 32.2. The van der Waals surface area contributed by atoms with Crippen LogP contribution >= 0.6 is 0 Å². The van der Waals surface area contributed by atoms with Crippen molar-refractivity contribution in [3.8, 4) is 0 Å². The lowest BCUT2D eigenvalue weighted by Crippen LogP contribution is -2.51. The molecular weight excluding hydrogens is 529 g/mol. The number of sulfonamides is 1. The number of nitrogens with zero attached hydrogens (tertiary/aromatic N) is 2. The molecular formula is C31H38FN3O4S. The largest absolute Gasteiger partial charge is 0.354 e. The van der Waals surface area contributed by atoms with Gasteiger partial charge in [-0.1, -0.05) is 55.8 Å². The molecule has 1 atom stereocenters. The van der Waals surface area contributed by atoms with E-state index in [0.717, 1.165) is 21.0 Å². The highest BCUT2D eigenvalue weighted by Gasteiger charge is 2.33. The third kappa shape index (κ3) is 7.47. The van der Waals surface area contributed by atoms with Gasteiger partial charge in [-0.2, -0.15) is 0 Å². The molecule has 0 aliphatic heterocycles. The van der Waals surface area contributed by atoms with E-state index < -0.39 is 40.2 Å². The van der Waals surface area contributed by atoms with Gasteiger partial charge in [-0.25, -0.2) is 12.8 Å². The fraction of sp³-hybridized carbons (Fsp3) is 0.355. The molecule has 2 amide bonds. The molecule has 0 saturated carbocycles. The zero-order valence-corrected chi connectivity index (χ0v) is 24.8.